The number of rotatable bonds is 2. The van der Waals surface area contributed by atoms with Crippen molar-refractivity contribution < 1.29 is 23.9 Å². The second-order valence-electron chi connectivity index (χ2n) is 8.64. The lowest BCUT2D eigenvalue weighted by atomic mass is 9.77. The zero-order valence-corrected chi connectivity index (χ0v) is 20.8. The minimum absolute atomic E-state index is 0.101. The van der Waals surface area contributed by atoms with E-state index in [1.807, 2.05) is 0 Å². The molecule has 1 aliphatic carbocycles. The summed E-state index contributed by atoms with van der Waals surface area (Å²) >= 11 is 15.9. The Kier molecular flexibility index (Phi) is 5.06. The number of Topliss-reactive ketones (excluding diaryl/α,β-unsaturated/α-hetero) is 2. The van der Waals surface area contributed by atoms with Gasteiger partial charge >= 0.3 is 0 Å². The molecule has 2 heterocycles. The van der Waals surface area contributed by atoms with Gasteiger partial charge in [0.05, 0.1) is 28.6 Å². The fraction of sp³-hybridized carbons (Fsp3) is 0.154. The average Bonchev–Trinajstić information content (AvgIpc) is 3.41. The predicted molar refractivity (Wildman–Crippen MR) is 132 cm³/mol. The lowest BCUT2D eigenvalue weighted by molar-refractivity contribution is -0.127. The highest BCUT2D eigenvalue weighted by Crippen LogP contribution is 2.58. The van der Waals surface area contributed by atoms with Crippen molar-refractivity contribution in [1.29, 1.82) is 0 Å². The Hall–Kier alpha value is -2.84. The summed E-state index contributed by atoms with van der Waals surface area (Å²) < 4.78 is 7.05. The molecule has 0 radical (unpaired) electrons. The number of anilines is 1. The van der Waals surface area contributed by atoms with Crippen LogP contribution in [0.3, 0.4) is 0 Å². The van der Waals surface area contributed by atoms with E-state index in [1.165, 1.54) is 30.3 Å². The number of benzene rings is 3. The van der Waals surface area contributed by atoms with Gasteiger partial charge in [0.2, 0.25) is 29.0 Å². The van der Waals surface area contributed by atoms with Crippen LogP contribution in [0.5, 0.6) is 0 Å². The number of imide groups is 1. The monoisotopic (exact) mass is 569 g/mol. The number of carbonyl (C=O) groups excluding carboxylic acids is 4. The van der Waals surface area contributed by atoms with Crippen molar-refractivity contribution in [3.05, 3.63) is 97.9 Å². The molecule has 6 rings (SSSR count). The van der Waals surface area contributed by atoms with Crippen molar-refractivity contribution in [2.24, 2.45) is 11.8 Å². The number of amides is 2. The molecular formula is C26H14BrCl2NO5. The fourth-order valence-electron chi connectivity index (χ4n) is 5.37. The molecule has 2 saturated heterocycles. The standard InChI is InChI=1S/C26H14BrCl2NO5/c27-13-7-5-12(6-8-13)21-19-20(25(34)30(24(19)33)18-11-14(28)9-10-17(18)29)26(35-21)22(31)15-3-1-2-4-16(15)23(26)32/h1-11,19-21H/t19-,20-,21+/m0/s1. The highest BCUT2D eigenvalue weighted by molar-refractivity contribution is 9.10. The maximum Gasteiger partial charge on any atom is 0.241 e. The zero-order valence-electron chi connectivity index (χ0n) is 17.7. The van der Waals surface area contributed by atoms with E-state index >= 15 is 0 Å². The van der Waals surface area contributed by atoms with E-state index in [0.717, 1.165) is 9.37 Å². The van der Waals surface area contributed by atoms with Crippen LogP contribution in [0.15, 0.2) is 71.2 Å². The molecule has 3 aliphatic rings. The maximum absolute atomic E-state index is 13.9. The van der Waals surface area contributed by atoms with Crippen LogP contribution < -0.4 is 4.90 Å². The molecule has 0 unspecified atom stereocenters. The zero-order chi connectivity index (χ0) is 24.6. The van der Waals surface area contributed by atoms with Crippen LogP contribution in [0.4, 0.5) is 5.69 Å². The van der Waals surface area contributed by atoms with Gasteiger partial charge in [0, 0.05) is 20.6 Å². The van der Waals surface area contributed by atoms with Gasteiger partial charge in [0.15, 0.2) is 0 Å². The molecule has 9 heteroatoms. The number of nitrogens with zero attached hydrogens (tertiary/aromatic N) is 1. The van der Waals surface area contributed by atoms with Gasteiger partial charge in [0.25, 0.3) is 0 Å². The van der Waals surface area contributed by atoms with E-state index in [0.29, 0.717) is 5.56 Å². The summed E-state index contributed by atoms with van der Waals surface area (Å²) in [4.78, 5) is 56.1. The highest BCUT2D eigenvalue weighted by Gasteiger charge is 2.74. The third kappa shape index (κ3) is 2.99. The van der Waals surface area contributed by atoms with Crippen molar-refractivity contribution in [3.8, 4) is 0 Å². The van der Waals surface area contributed by atoms with Gasteiger partial charge in [-0.3, -0.25) is 19.2 Å². The summed E-state index contributed by atoms with van der Waals surface area (Å²) in [5.74, 6) is -5.03. The van der Waals surface area contributed by atoms with Crippen LogP contribution in [0, 0.1) is 11.8 Å². The molecule has 2 amide bonds. The Morgan fingerprint density at radius 3 is 2.09 bits per heavy atom. The van der Waals surface area contributed by atoms with E-state index in [4.69, 9.17) is 27.9 Å². The number of hydrogen-bond donors (Lipinski definition) is 0. The molecule has 2 aliphatic heterocycles. The number of hydrogen-bond acceptors (Lipinski definition) is 5. The minimum atomic E-state index is -2.14. The molecule has 3 atom stereocenters. The van der Waals surface area contributed by atoms with Crippen LogP contribution in [0.25, 0.3) is 0 Å². The lowest BCUT2D eigenvalue weighted by Gasteiger charge is -2.27. The number of carbonyl (C=O) groups is 4. The quantitative estimate of drug-likeness (QED) is 0.302. The molecule has 1 spiro atoms. The van der Waals surface area contributed by atoms with Gasteiger partial charge in [0.1, 0.15) is 0 Å². The molecule has 0 bridgehead atoms. The topological polar surface area (TPSA) is 80.8 Å². The first-order valence-electron chi connectivity index (χ1n) is 10.7. The third-order valence-electron chi connectivity index (χ3n) is 6.87. The molecule has 3 aromatic carbocycles. The first-order valence-corrected chi connectivity index (χ1v) is 12.3. The normalized spacial score (nSPS) is 24.4. The summed E-state index contributed by atoms with van der Waals surface area (Å²) in [7, 11) is 0. The van der Waals surface area contributed by atoms with Crippen LogP contribution in [-0.4, -0.2) is 29.0 Å². The maximum atomic E-state index is 13.9. The number of ether oxygens (including phenoxy) is 1. The van der Waals surface area contributed by atoms with Gasteiger partial charge in [-0.2, -0.15) is 0 Å². The summed E-state index contributed by atoms with van der Waals surface area (Å²) in [6.45, 7) is 0. The van der Waals surface area contributed by atoms with E-state index in [1.54, 1.807) is 36.4 Å². The number of halogens is 3. The van der Waals surface area contributed by atoms with Gasteiger partial charge in [-0.05, 0) is 35.9 Å². The third-order valence-corrected chi connectivity index (χ3v) is 7.95. The summed E-state index contributed by atoms with van der Waals surface area (Å²) in [6, 6.07) is 17.8. The molecule has 174 valence electrons. The van der Waals surface area contributed by atoms with Crippen LogP contribution in [0.2, 0.25) is 10.0 Å². The molecular weight excluding hydrogens is 557 g/mol. The largest absolute Gasteiger partial charge is 0.349 e. The van der Waals surface area contributed by atoms with Crippen LogP contribution in [-0.2, 0) is 14.3 Å². The molecule has 0 saturated carbocycles. The highest BCUT2D eigenvalue weighted by atomic mass is 79.9. The lowest BCUT2D eigenvalue weighted by Crippen LogP contribution is -2.51. The Morgan fingerprint density at radius 2 is 1.46 bits per heavy atom. The Bertz CT molecular complexity index is 1440. The van der Waals surface area contributed by atoms with Crippen molar-refractivity contribution in [2.45, 2.75) is 11.7 Å². The SMILES string of the molecule is O=C1[C@@H]2[C@@H](c3ccc(Br)cc3)OC3(C(=O)c4ccccc4C3=O)[C@@H]2C(=O)N1c1cc(Cl)ccc1Cl. The van der Waals surface area contributed by atoms with Gasteiger partial charge in [-0.15, -0.1) is 0 Å². The first-order chi connectivity index (χ1) is 16.8. The van der Waals surface area contributed by atoms with Gasteiger partial charge < -0.3 is 4.74 Å². The van der Waals surface area contributed by atoms with Gasteiger partial charge in [-0.25, -0.2) is 4.90 Å². The average molecular weight is 571 g/mol. The number of fused-ring (bicyclic) bond motifs is 3. The van der Waals surface area contributed by atoms with E-state index in [2.05, 4.69) is 15.9 Å². The van der Waals surface area contributed by atoms with Crippen molar-refractivity contribution in [1.82, 2.24) is 0 Å². The van der Waals surface area contributed by atoms with E-state index in [9.17, 15) is 19.2 Å². The summed E-state index contributed by atoms with van der Waals surface area (Å²) in [6.07, 6.45) is -1.00. The molecule has 35 heavy (non-hydrogen) atoms. The molecule has 2 fully saturated rings. The molecule has 0 N–H and O–H groups in total. The van der Waals surface area contributed by atoms with E-state index < -0.39 is 46.9 Å². The second-order valence-corrected chi connectivity index (χ2v) is 10.4. The minimum Gasteiger partial charge on any atom is -0.349 e. The van der Waals surface area contributed by atoms with E-state index in [-0.39, 0.29) is 26.9 Å². The van der Waals surface area contributed by atoms with Crippen LogP contribution >= 0.6 is 39.1 Å². The first kappa shape index (κ1) is 22.6. The Morgan fingerprint density at radius 1 is 0.829 bits per heavy atom. The second kappa shape index (κ2) is 7.83. The van der Waals surface area contributed by atoms with Gasteiger partial charge in [-0.1, -0.05) is 75.5 Å². The predicted octanol–water partition coefficient (Wildman–Crippen LogP) is 5.45. The van der Waals surface area contributed by atoms with Crippen molar-refractivity contribution >= 4 is 68.2 Å². The molecule has 6 nitrogen and oxygen atoms in total. The molecule has 0 aromatic heterocycles. The smallest absolute Gasteiger partial charge is 0.241 e. The summed E-state index contributed by atoms with van der Waals surface area (Å²) in [5.41, 5.74) is -1.13. The fourth-order valence-corrected chi connectivity index (χ4v) is 6.00. The Labute approximate surface area is 217 Å². The van der Waals surface area contributed by atoms with Crippen molar-refractivity contribution in [2.75, 3.05) is 4.90 Å². The van der Waals surface area contributed by atoms with Crippen molar-refractivity contribution in [3.63, 3.8) is 0 Å². The Balaban J connectivity index is 1.56. The number of ketones is 2. The molecule has 3 aromatic rings. The van der Waals surface area contributed by atoms with Crippen LogP contribution in [0.1, 0.15) is 32.4 Å². The summed E-state index contributed by atoms with van der Waals surface area (Å²) in [5, 5.41) is 0.413.